The van der Waals surface area contributed by atoms with Gasteiger partial charge in [-0.15, -0.1) is 11.3 Å². The van der Waals surface area contributed by atoms with Crippen LogP contribution in [0.5, 0.6) is 0 Å². The lowest BCUT2D eigenvalue weighted by Crippen LogP contribution is -2.14. The van der Waals surface area contributed by atoms with Crippen LogP contribution in [0.4, 0.5) is 13.8 Å². The molecular weight excluding hydrogens is 300 g/mol. The van der Waals surface area contributed by atoms with E-state index in [9.17, 15) is 18.4 Å². The fourth-order valence-electron chi connectivity index (χ4n) is 1.59. The first kappa shape index (κ1) is 15.1. The molecule has 0 saturated heterocycles. The van der Waals surface area contributed by atoms with Gasteiger partial charge in [-0.2, -0.15) is 0 Å². The molecule has 2 rings (SSSR count). The highest BCUT2D eigenvalue weighted by Gasteiger charge is 2.17. The predicted octanol–water partition coefficient (Wildman–Crippen LogP) is 3.46. The molecule has 2 aromatic rings. The van der Waals surface area contributed by atoms with Crippen molar-refractivity contribution >= 4 is 28.2 Å². The summed E-state index contributed by atoms with van der Waals surface area (Å²) in [5.41, 5.74) is 0.176. The number of hydrogen-bond acceptors (Lipinski definition) is 4. The predicted molar refractivity (Wildman–Crippen MR) is 74.6 cm³/mol. The Balaban J connectivity index is 2.18. The Morgan fingerprint density at radius 3 is 2.67 bits per heavy atom. The number of carbonyl (C=O) groups excluding carboxylic acids is 2. The zero-order valence-electron chi connectivity index (χ0n) is 11.0. The van der Waals surface area contributed by atoms with Gasteiger partial charge >= 0.3 is 5.97 Å². The van der Waals surface area contributed by atoms with E-state index >= 15 is 0 Å². The van der Waals surface area contributed by atoms with Crippen LogP contribution in [0.3, 0.4) is 0 Å². The number of rotatable bonds is 4. The smallest absolute Gasteiger partial charge is 0.341 e. The first-order valence-electron chi connectivity index (χ1n) is 6.04. The van der Waals surface area contributed by atoms with Crippen molar-refractivity contribution in [1.29, 1.82) is 0 Å². The molecule has 0 bridgehead atoms. The van der Waals surface area contributed by atoms with Crippen LogP contribution in [-0.2, 0) is 4.74 Å². The van der Waals surface area contributed by atoms with Gasteiger partial charge in [-0.3, -0.25) is 4.79 Å². The summed E-state index contributed by atoms with van der Waals surface area (Å²) < 4.78 is 30.8. The topological polar surface area (TPSA) is 55.4 Å². The van der Waals surface area contributed by atoms with Crippen LogP contribution in [-0.4, -0.2) is 18.5 Å². The number of nitrogens with one attached hydrogen (secondary N) is 1. The van der Waals surface area contributed by atoms with Gasteiger partial charge in [-0.05, 0) is 36.6 Å². The summed E-state index contributed by atoms with van der Waals surface area (Å²) in [6.45, 7) is 1.88. The SMILES string of the molecule is CCOC(=O)c1ccsc1NC(=O)c1ccc(F)c(F)c1. The number of hydrogen-bond donors (Lipinski definition) is 1. The van der Waals surface area contributed by atoms with E-state index in [0.717, 1.165) is 29.5 Å². The molecule has 21 heavy (non-hydrogen) atoms. The first-order chi connectivity index (χ1) is 10.0. The van der Waals surface area contributed by atoms with Crippen molar-refractivity contribution in [2.24, 2.45) is 0 Å². The average Bonchev–Trinajstić information content (AvgIpc) is 2.90. The molecule has 0 aliphatic rings. The molecule has 1 aromatic carbocycles. The average molecular weight is 311 g/mol. The Morgan fingerprint density at radius 1 is 1.24 bits per heavy atom. The van der Waals surface area contributed by atoms with Crippen molar-refractivity contribution in [2.45, 2.75) is 6.92 Å². The Kier molecular flexibility index (Phi) is 4.64. The van der Waals surface area contributed by atoms with Gasteiger partial charge in [0.25, 0.3) is 5.91 Å². The van der Waals surface area contributed by atoms with Crippen molar-refractivity contribution in [1.82, 2.24) is 0 Å². The summed E-state index contributed by atoms with van der Waals surface area (Å²) in [6, 6.07) is 4.34. The molecule has 0 fully saturated rings. The van der Waals surface area contributed by atoms with Crippen molar-refractivity contribution in [3.05, 3.63) is 52.4 Å². The molecule has 0 radical (unpaired) electrons. The molecule has 1 N–H and O–H groups in total. The van der Waals surface area contributed by atoms with Gasteiger partial charge in [0.1, 0.15) is 5.00 Å². The lowest BCUT2D eigenvalue weighted by Gasteiger charge is -2.06. The van der Waals surface area contributed by atoms with E-state index in [0.29, 0.717) is 5.00 Å². The molecule has 110 valence electrons. The highest BCUT2D eigenvalue weighted by Crippen LogP contribution is 2.25. The highest BCUT2D eigenvalue weighted by molar-refractivity contribution is 7.14. The number of carbonyl (C=O) groups is 2. The van der Waals surface area contributed by atoms with Gasteiger partial charge in [0.2, 0.25) is 0 Å². The summed E-state index contributed by atoms with van der Waals surface area (Å²) in [5.74, 6) is -3.34. The fourth-order valence-corrected chi connectivity index (χ4v) is 2.36. The third-order valence-electron chi connectivity index (χ3n) is 2.57. The summed E-state index contributed by atoms with van der Waals surface area (Å²) in [6.07, 6.45) is 0. The monoisotopic (exact) mass is 311 g/mol. The number of ether oxygens (including phenoxy) is 1. The van der Waals surface area contributed by atoms with E-state index in [2.05, 4.69) is 5.32 Å². The lowest BCUT2D eigenvalue weighted by molar-refractivity contribution is 0.0528. The standard InChI is InChI=1S/C14H11F2NO3S/c1-2-20-14(19)9-5-6-21-13(9)17-12(18)8-3-4-10(15)11(16)7-8/h3-7H,2H2,1H3,(H,17,18). The van der Waals surface area contributed by atoms with Crippen LogP contribution < -0.4 is 5.32 Å². The third-order valence-corrected chi connectivity index (χ3v) is 3.40. The molecular formula is C14H11F2NO3S. The van der Waals surface area contributed by atoms with Crippen LogP contribution in [0.1, 0.15) is 27.6 Å². The number of amides is 1. The molecule has 7 heteroatoms. The number of anilines is 1. The second-order valence-electron chi connectivity index (χ2n) is 3.97. The Labute approximate surface area is 123 Å². The Morgan fingerprint density at radius 2 is 2.00 bits per heavy atom. The zero-order valence-corrected chi connectivity index (χ0v) is 11.8. The summed E-state index contributed by atoms with van der Waals surface area (Å²) in [7, 11) is 0. The van der Waals surface area contributed by atoms with E-state index in [1.54, 1.807) is 12.3 Å². The maximum Gasteiger partial charge on any atom is 0.341 e. The molecule has 1 amide bonds. The number of thiophene rings is 1. The van der Waals surface area contributed by atoms with Crippen molar-refractivity contribution in [3.8, 4) is 0 Å². The second kappa shape index (κ2) is 6.45. The summed E-state index contributed by atoms with van der Waals surface area (Å²) in [5, 5.41) is 4.40. The van der Waals surface area contributed by atoms with E-state index in [1.165, 1.54) is 6.07 Å². The quantitative estimate of drug-likeness (QED) is 0.880. The zero-order chi connectivity index (χ0) is 15.4. The summed E-state index contributed by atoms with van der Waals surface area (Å²) in [4.78, 5) is 23.6. The molecule has 0 aliphatic carbocycles. The Hall–Kier alpha value is -2.28. The van der Waals surface area contributed by atoms with Gasteiger partial charge in [0.05, 0.1) is 12.2 Å². The maximum atomic E-state index is 13.1. The van der Waals surface area contributed by atoms with E-state index in [-0.39, 0.29) is 17.7 Å². The van der Waals surface area contributed by atoms with Gasteiger partial charge in [-0.1, -0.05) is 0 Å². The highest BCUT2D eigenvalue weighted by atomic mass is 32.1. The fraction of sp³-hybridized carbons (Fsp3) is 0.143. The lowest BCUT2D eigenvalue weighted by atomic mass is 10.2. The van der Waals surface area contributed by atoms with Gasteiger partial charge in [0, 0.05) is 5.56 Å². The molecule has 0 unspecified atom stereocenters. The van der Waals surface area contributed by atoms with Gasteiger partial charge in [-0.25, -0.2) is 13.6 Å². The molecule has 1 aromatic heterocycles. The molecule has 0 spiro atoms. The third kappa shape index (κ3) is 3.43. The largest absolute Gasteiger partial charge is 0.462 e. The van der Waals surface area contributed by atoms with Crippen LogP contribution >= 0.6 is 11.3 Å². The molecule has 0 atom stereocenters. The molecule has 4 nitrogen and oxygen atoms in total. The molecule has 1 heterocycles. The van der Waals surface area contributed by atoms with Gasteiger partial charge in [0.15, 0.2) is 11.6 Å². The maximum absolute atomic E-state index is 13.1. The Bertz CT molecular complexity index is 685. The minimum atomic E-state index is -1.11. The van der Waals surface area contributed by atoms with Crippen molar-refractivity contribution in [2.75, 3.05) is 11.9 Å². The van der Waals surface area contributed by atoms with E-state index < -0.39 is 23.5 Å². The van der Waals surface area contributed by atoms with E-state index in [4.69, 9.17) is 4.74 Å². The number of benzene rings is 1. The molecule has 0 aliphatic heterocycles. The number of esters is 1. The van der Waals surface area contributed by atoms with Crippen molar-refractivity contribution in [3.63, 3.8) is 0 Å². The second-order valence-corrected chi connectivity index (χ2v) is 4.88. The van der Waals surface area contributed by atoms with Crippen LogP contribution in [0.15, 0.2) is 29.6 Å². The van der Waals surface area contributed by atoms with Crippen molar-refractivity contribution < 1.29 is 23.1 Å². The number of halogens is 2. The van der Waals surface area contributed by atoms with Gasteiger partial charge < -0.3 is 10.1 Å². The minimum Gasteiger partial charge on any atom is -0.462 e. The first-order valence-corrected chi connectivity index (χ1v) is 6.92. The van der Waals surface area contributed by atoms with Crippen LogP contribution in [0.2, 0.25) is 0 Å². The molecule has 0 saturated carbocycles. The summed E-state index contributed by atoms with van der Waals surface area (Å²) >= 11 is 1.13. The van der Waals surface area contributed by atoms with Crippen LogP contribution in [0, 0.1) is 11.6 Å². The normalized spacial score (nSPS) is 10.2. The van der Waals surface area contributed by atoms with Crippen LogP contribution in [0.25, 0.3) is 0 Å². The van der Waals surface area contributed by atoms with E-state index in [1.807, 2.05) is 0 Å². The minimum absolute atomic E-state index is 0.0443.